The van der Waals surface area contributed by atoms with Gasteiger partial charge in [-0.3, -0.25) is 9.59 Å². The van der Waals surface area contributed by atoms with E-state index in [1.54, 1.807) is 36.7 Å². The molecular weight excluding hydrogens is 390 g/mol. The minimum Gasteiger partial charge on any atom is -0.390 e. The number of hydrogen-bond acceptors (Lipinski definition) is 4. The van der Waals surface area contributed by atoms with E-state index in [9.17, 15) is 9.59 Å². The van der Waals surface area contributed by atoms with Crippen LogP contribution in [0.2, 0.25) is 0 Å². The van der Waals surface area contributed by atoms with Crippen LogP contribution in [0.5, 0.6) is 0 Å². The van der Waals surface area contributed by atoms with Crippen LogP contribution < -0.4 is 10.6 Å². The Labute approximate surface area is 176 Å². The van der Waals surface area contributed by atoms with E-state index in [2.05, 4.69) is 24.5 Å². The summed E-state index contributed by atoms with van der Waals surface area (Å²) in [5, 5.41) is 6.24. The Morgan fingerprint density at radius 1 is 0.704 bits per heavy atom. The molecule has 0 atom stereocenters. The van der Waals surface area contributed by atoms with Gasteiger partial charge in [0, 0.05) is 56.1 Å². The standard InChI is InChI=1S/2C11H15NO.Zn/c2*1-2-3-8-12-9-10-6-4-5-7-11(10)13;/h2*4-7,9,12H,2-3,8H2,1H3;/b2*10-9-;. The molecule has 2 rings (SSSR count). The molecule has 0 aromatic carbocycles. The largest absolute Gasteiger partial charge is 0.390 e. The molecule has 0 saturated heterocycles. The third kappa shape index (κ3) is 11.3. The SMILES string of the molecule is CCCCN/C=C1/C=CC=CC1=O.CCCCN/C=C1/C=CC=CC1=O.[Zn]. The summed E-state index contributed by atoms with van der Waals surface area (Å²) in [5.74, 6) is 0.151. The van der Waals surface area contributed by atoms with Gasteiger partial charge in [-0.1, -0.05) is 51.0 Å². The van der Waals surface area contributed by atoms with Crippen molar-refractivity contribution >= 4 is 11.6 Å². The molecule has 0 aromatic heterocycles. The van der Waals surface area contributed by atoms with E-state index in [1.807, 2.05) is 24.3 Å². The fraction of sp³-hybridized carbons (Fsp3) is 0.364. The molecule has 0 unspecified atom stereocenters. The minimum atomic E-state index is 0. The van der Waals surface area contributed by atoms with Crippen LogP contribution in [0.4, 0.5) is 0 Å². The van der Waals surface area contributed by atoms with Crippen LogP contribution in [-0.2, 0) is 29.1 Å². The zero-order valence-electron chi connectivity index (χ0n) is 16.5. The topological polar surface area (TPSA) is 58.2 Å². The molecule has 0 aromatic rings. The van der Waals surface area contributed by atoms with Crippen molar-refractivity contribution < 1.29 is 29.1 Å². The molecule has 0 radical (unpaired) electrons. The molecule has 4 nitrogen and oxygen atoms in total. The van der Waals surface area contributed by atoms with Crippen molar-refractivity contribution in [1.29, 1.82) is 0 Å². The number of unbranched alkanes of at least 4 members (excludes halogenated alkanes) is 2. The van der Waals surface area contributed by atoms with Crippen LogP contribution >= 0.6 is 0 Å². The van der Waals surface area contributed by atoms with Crippen molar-refractivity contribution in [3.63, 3.8) is 0 Å². The maximum Gasteiger partial charge on any atom is 0.187 e. The number of carbonyl (C=O) groups is 2. The second-order valence-corrected chi connectivity index (χ2v) is 5.98. The first-order chi connectivity index (χ1) is 12.7. The summed E-state index contributed by atoms with van der Waals surface area (Å²) in [7, 11) is 0. The van der Waals surface area contributed by atoms with Gasteiger partial charge in [0.2, 0.25) is 0 Å². The maximum absolute atomic E-state index is 11.2. The van der Waals surface area contributed by atoms with Crippen LogP contribution in [0.15, 0.2) is 72.2 Å². The van der Waals surface area contributed by atoms with Crippen LogP contribution in [-0.4, -0.2) is 24.7 Å². The van der Waals surface area contributed by atoms with Gasteiger partial charge in [-0.15, -0.1) is 0 Å². The third-order valence-electron chi connectivity index (χ3n) is 3.70. The van der Waals surface area contributed by atoms with Gasteiger partial charge in [0.1, 0.15) is 0 Å². The van der Waals surface area contributed by atoms with Gasteiger partial charge >= 0.3 is 0 Å². The molecule has 0 saturated carbocycles. The molecule has 0 heterocycles. The van der Waals surface area contributed by atoms with E-state index in [4.69, 9.17) is 0 Å². The Balaban J connectivity index is 0.000000483. The van der Waals surface area contributed by atoms with E-state index < -0.39 is 0 Å². The number of hydrogen-bond donors (Lipinski definition) is 2. The molecule has 2 aliphatic carbocycles. The van der Waals surface area contributed by atoms with E-state index in [1.165, 1.54) is 12.8 Å². The molecule has 0 bridgehead atoms. The number of carbonyl (C=O) groups excluding carboxylic acids is 2. The first-order valence-corrected chi connectivity index (χ1v) is 9.34. The average molecular weight is 420 g/mol. The fourth-order valence-corrected chi connectivity index (χ4v) is 2.12. The van der Waals surface area contributed by atoms with Gasteiger partial charge in [-0.25, -0.2) is 0 Å². The molecule has 0 spiro atoms. The van der Waals surface area contributed by atoms with E-state index >= 15 is 0 Å². The average Bonchev–Trinajstić information content (AvgIpc) is 2.66. The van der Waals surface area contributed by atoms with Crippen molar-refractivity contribution in [2.24, 2.45) is 0 Å². The Kier molecular flexibility index (Phi) is 15.0. The van der Waals surface area contributed by atoms with Crippen LogP contribution in [0.1, 0.15) is 39.5 Å². The molecule has 0 fully saturated rings. The van der Waals surface area contributed by atoms with E-state index in [-0.39, 0.29) is 31.0 Å². The zero-order valence-corrected chi connectivity index (χ0v) is 19.5. The summed E-state index contributed by atoms with van der Waals surface area (Å²) in [6.45, 7) is 6.15. The van der Waals surface area contributed by atoms with Crippen molar-refractivity contribution in [2.75, 3.05) is 13.1 Å². The van der Waals surface area contributed by atoms with Crippen LogP contribution in [0.25, 0.3) is 0 Å². The Bertz CT molecular complexity index is 585. The monoisotopic (exact) mass is 418 g/mol. The third-order valence-corrected chi connectivity index (χ3v) is 3.70. The zero-order chi connectivity index (χ0) is 19.0. The molecule has 27 heavy (non-hydrogen) atoms. The van der Waals surface area contributed by atoms with Gasteiger partial charge in [0.15, 0.2) is 11.6 Å². The molecule has 142 valence electrons. The van der Waals surface area contributed by atoms with Crippen molar-refractivity contribution in [1.82, 2.24) is 10.6 Å². The molecule has 2 aliphatic rings. The second kappa shape index (κ2) is 16.2. The quantitative estimate of drug-likeness (QED) is 0.356. The van der Waals surface area contributed by atoms with Gasteiger partial charge in [0.05, 0.1) is 0 Å². The maximum atomic E-state index is 11.2. The first-order valence-electron chi connectivity index (χ1n) is 9.34. The van der Waals surface area contributed by atoms with E-state index in [0.717, 1.165) is 37.1 Å². The van der Waals surface area contributed by atoms with Gasteiger partial charge in [0.25, 0.3) is 0 Å². The van der Waals surface area contributed by atoms with E-state index in [0.29, 0.717) is 0 Å². The van der Waals surface area contributed by atoms with Crippen LogP contribution in [0, 0.1) is 0 Å². The summed E-state index contributed by atoms with van der Waals surface area (Å²) >= 11 is 0. The molecule has 5 heteroatoms. The van der Waals surface area contributed by atoms with Gasteiger partial charge < -0.3 is 10.6 Å². The van der Waals surface area contributed by atoms with Gasteiger partial charge in [-0.2, -0.15) is 0 Å². The molecule has 0 aliphatic heterocycles. The summed E-state index contributed by atoms with van der Waals surface area (Å²) in [6.07, 6.45) is 22.2. The number of ketones is 2. The first kappa shape index (κ1) is 25.0. The summed E-state index contributed by atoms with van der Waals surface area (Å²) in [4.78, 5) is 22.4. The fourth-order valence-electron chi connectivity index (χ4n) is 2.12. The molecule has 0 amide bonds. The summed E-state index contributed by atoms with van der Waals surface area (Å²) in [5.41, 5.74) is 1.47. The number of rotatable bonds is 8. The predicted octanol–water partition coefficient (Wildman–Crippen LogP) is 3.91. The van der Waals surface area contributed by atoms with Crippen molar-refractivity contribution in [3.8, 4) is 0 Å². The molecule has 2 N–H and O–H groups in total. The number of allylic oxidation sites excluding steroid dienone is 10. The Morgan fingerprint density at radius 2 is 1.07 bits per heavy atom. The predicted molar refractivity (Wildman–Crippen MR) is 109 cm³/mol. The second-order valence-electron chi connectivity index (χ2n) is 5.98. The normalized spacial score (nSPS) is 17.6. The van der Waals surface area contributed by atoms with Gasteiger partial charge in [-0.05, 0) is 37.1 Å². The smallest absolute Gasteiger partial charge is 0.187 e. The molecular formula is C22H30N2O2Zn. The number of nitrogens with one attached hydrogen (secondary N) is 2. The Hall–Kier alpha value is -2.00. The van der Waals surface area contributed by atoms with Crippen molar-refractivity contribution in [2.45, 2.75) is 39.5 Å². The Morgan fingerprint density at radius 3 is 1.41 bits per heavy atom. The van der Waals surface area contributed by atoms with Crippen LogP contribution in [0.3, 0.4) is 0 Å². The van der Waals surface area contributed by atoms with Crippen molar-refractivity contribution in [3.05, 3.63) is 72.2 Å². The summed E-state index contributed by atoms with van der Waals surface area (Å²) < 4.78 is 0. The minimum absolute atomic E-state index is 0. The summed E-state index contributed by atoms with van der Waals surface area (Å²) in [6, 6.07) is 0.